The molecular weight excluding hydrogens is 228 g/mol. The molecule has 0 bridgehead atoms. The molecule has 0 saturated carbocycles. The Bertz CT molecular complexity index is 529. The maximum Gasteiger partial charge on any atom is 0.259 e. The molecular formula is C14H16N2O2. The van der Waals surface area contributed by atoms with Crippen molar-refractivity contribution in [2.24, 2.45) is 5.73 Å². The number of carbonyl (C=O) groups is 1. The van der Waals surface area contributed by atoms with Crippen molar-refractivity contribution in [1.82, 2.24) is 0 Å². The van der Waals surface area contributed by atoms with Gasteiger partial charge in [0, 0.05) is 18.7 Å². The summed E-state index contributed by atoms with van der Waals surface area (Å²) in [5.74, 6) is 0.548. The van der Waals surface area contributed by atoms with Gasteiger partial charge in [0.05, 0.1) is 11.8 Å². The van der Waals surface area contributed by atoms with E-state index >= 15 is 0 Å². The molecule has 0 spiro atoms. The summed E-state index contributed by atoms with van der Waals surface area (Å²) in [5.41, 5.74) is 7.88. The second-order valence-corrected chi connectivity index (χ2v) is 3.97. The number of carbonyl (C=O) groups excluding carboxylic acids is 1. The minimum atomic E-state index is -0.152. The van der Waals surface area contributed by atoms with Gasteiger partial charge in [-0.3, -0.25) is 4.79 Å². The van der Waals surface area contributed by atoms with Crippen LogP contribution in [-0.2, 0) is 13.0 Å². The largest absolute Gasteiger partial charge is 0.469 e. The molecule has 1 aromatic heterocycles. The van der Waals surface area contributed by atoms with Crippen molar-refractivity contribution in [1.29, 1.82) is 0 Å². The molecule has 18 heavy (non-hydrogen) atoms. The predicted molar refractivity (Wildman–Crippen MR) is 70.4 cm³/mol. The predicted octanol–water partition coefficient (Wildman–Crippen LogP) is 2.55. The number of benzene rings is 1. The fraction of sp³-hybridized carbons (Fsp3) is 0.214. The van der Waals surface area contributed by atoms with Crippen molar-refractivity contribution in [2.45, 2.75) is 19.9 Å². The lowest BCUT2D eigenvalue weighted by Gasteiger charge is -2.05. The number of amides is 1. The van der Waals surface area contributed by atoms with Gasteiger partial charge in [0.1, 0.15) is 5.76 Å². The second kappa shape index (κ2) is 5.51. The number of hydrogen-bond donors (Lipinski definition) is 2. The number of hydrogen-bond acceptors (Lipinski definition) is 3. The van der Waals surface area contributed by atoms with E-state index in [4.69, 9.17) is 10.2 Å². The highest BCUT2D eigenvalue weighted by Crippen LogP contribution is 2.15. The second-order valence-electron chi connectivity index (χ2n) is 3.97. The van der Waals surface area contributed by atoms with Crippen LogP contribution in [0.4, 0.5) is 5.69 Å². The first-order chi connectivity index (χ1) is 8.74. The van der Waals surface area contributed by atoms with Crippen molar-refractivity contribution in [3.8, 4) is 0 Å². The van der Waals surface area contributed by atoms with Crippen molar-refractivity contribution < 1.29 is 9.21 Å². The van der Waals surface area contributed by atoms with E-state index < -0.39 is 0 Å². The summed E-state index contributed by atoms with van der Waals surface area (Å²) in [6, 6.07) is 9.15. The summed E-state index contributed by atoms with van der Waals surface area (Å²) in [6.45, 7) is 2.45. The van der Waals surface area contributed by atoms with Crippen LogP contribution in [0.3, 0.4) is 0 Å². The lowest BCUT2D eigenvalue weighted by molar-refractivity contribution is 0.102. The van der Waals surface area contributed by atoms with Gasteiger partial charge in [-0.1, -0.05) is 19.1 Å². The fourth-order valence-electron chi connectivity index (χ4n) is 1.74. The van der Waals surface area contributed by atoms with E-state index in [1.54, 1.807) is 6.07 Å². The lowest BCUT2D eigenvalue weighted by Crippen LogP contribution is -2.12. The first-order valence-corrected chi connectivity index (χ1v) is 5.91. The third-order valence-electron chi connectivity index (χ3n) is 2.76. The number of nitrogens with one attached hydrogen (secondary N) is 1. The highest BCUT2D eigenvalue weighted by Gasteiger charge is 2.13. The van der Waals surface area contributed by atoms with Gasteiger partial charge in [-0.25, -0.2) is 0 Å². The molecule has 3 N–H and O–H groups in total. The maximum atomic E-state index is 12.0. The van der Waals surface area contributed by atoms with Crippen LogP contribution in [0.25, 0.3) is 0 Å². The van der Waals surface area contributed by atoms with Crippen LogP contribution < -0.4 is 11.1 Å². The Morgan fingerprint density at radius 3 is 2.61 bits per heavy atom. The van der Waals surface area contributed by atoms with Crippen LogP contribution in [0, 0.1) is 0 Å². The molecule has 1 heterocycles. The van der Waals surface area contributed by atoms with Crippen molar-refractivity contribution >= 4 is 11.6 Å². The Balaban J connectivity index is 2.11. The third kappa shape index (κ3) is 2.60. The molecule has 0 aliphatic rings. The third-order valence-corrected chi connectivity index (χ3v) is 2.76. The molecule has 1 aromatic carbocycles. The first-order valence-electron chi connectivity index (χ1n) is 5.91. The molecule has 4 heteroatoms. The molecule has 0 aliphatic heterocycles. The maximum absolute atomic E-state index is 12.0. The Hall–Kier alpha value is -2.07. The Labute approximate surface area is 106 Å². The van der Waals surface area contributed by atoms with Gasteiger partial charge in [-0.05, 0) is 23.8 Å². The zero-order valence-electron chi connectivity index (χ0n) is 10.3. The van der Waals surface area contributed by atoms with Crippen molar-refractivity contribution in [2.75, 3.05) is 5.32 Å². The average molecular weight is 244 g/mol. The van der Waals surface area contributed by atoms with Gasteiger partial charge < -0.3 is 15.5 Å². The van der Waals surface area contributed by atoms with Crippen molar-refractivity contribution in [3.05, 3.63) is 53.5 Å². The summed E-state index contributed by atoms with van der Waals surface area (Å²) in [4.78, 5) is 12.0. The van der Waals surface area contributed by atoms with Gasteiger partial charge in [-0.15, -0.1) is 0 Å². The fourth-order valence-corrected chi connectivity index (χ4v) is 1.74. The first kappa shape index (κ1) is 12.4. The number of rotatable bonds is 4. The van der Waals surface area contributed by atoms with E-state index in [1.165, 1.54) is 6.26 Å². The summed E-state index contributed by atoms with van der Waals surface area (Å²) < 4.78 is 5.23. The molecule has 0 atom stereocenters. The van der Waals surface area contributed by atoms with Crippen LogP contribution in [0.5, 0.6) is 0 Å². The zero-order valence-corrected chi connectivity index (χ0v) is 10.3. The molecule has 0 radical (unpaired) electrons. The molecule has 0 saturated heterocycles. The Kier molecular flexibility index (Phi) is 3.79. The molecule has 4 nitrogen and oxygen atoms in total. The standard InChI is InChI=1S/C14H16N2O2/c1-2-13-12(7-8-18-13)14(17)16-11-5-3-10(9-15)4-6-11/h3-8H,2,9,15H2,1H3,(H,16,17). The highest BCUT2D eigenvalue weighted by molar-refractivity contribution is 6.04. The number of aryl methyl sites for hydroxylation is 1. The van der Waals surface area contributed by atoms with Gasteiger partial charge in [0.15, 0.2) is 0 Å². The summed E-state index contributed by atoms with van der Waals surface area (Å²) >= 11 is 0. The van der Waals surface area contributed by atoms with Crippen LogP contribution in [0.15, 0.2) is 41.0 Å². The summed E-state index contributed by atoms with van der Waals surface area (Å²) in [6.07, 6.45) is 2.23. The normalized spacial score (nSPS) is 10.3. The molecule has 0 unspecified atom stereocenters. The van der Waals surface area contributed by atoms with E-state index in [9.17, 15) is 4.79 Å². The summed E-state index contributed by atoms with van der Waals surface area (Å²) in [7, 11) is 0. The monoisotopic (exact) mass is 244 g/mol. The lowest BCUT2D eigenvalue weighted by atomic mass is 10.2. The SMILES string of the molecule is CCc1occc1C(=O)Nc1ccc(CN)cc1. The number of anilines is 1. The number of furan rings is 1. The zero-order chi connectivity index (χ0) is 13.0. The van der Waals surface area contributed by atoms with Crippen molar-refractivity contribution in [3.63, 3.8) is 0 Å². The number of nitrogens with two attached hydrogens (primary N) is 1. The molecule has 1 amide bonds. The molecule has 0 aliphatic carbocycles. The quantitative estimate of drug-likeness (QED) is 0.868. The van der Waals surface area contributed by atoms with Crippen LogP contribution in [0.1, 0.15) is 28.6 Å². The Morgan fingerprint density at radius 1 is 1.28 bits per heavy atom. The van der Waals surface area contributed by atoms with E-state index in [-0.39, 0.29) is 5.91 Å². The Morgan fingerprint density at radius 2 is 2.00 bits per heavy atom. The topological polar surface area (TPSA) is 68.3 Å². The van der Waals surface area contributed by atoms with E-state index in [1.807, 2.05) is 31.2 Å². The van der Waals surface area contributed by atoms with Crippen LogP contribution in [-0.4, -0.2) is 5.91 Å². The molecule has 2 rings (SSSR count). The smallest absolute Gasteiger partial charge is 0.259 e. The molecule has 94 valence electrons. The summed E-state index contributed by atoms with van der Waals surface area (Å²) in [5, 5.41) is 2.83. The van der Waals surface area contributed by atoms with E-state index in [2.05, 4.69) is 5.32 Å². The molecule has 0 fully saturated rings. The molecule has 2 aromatic rings. The van der Waals surface area contributed by atoms with E-state index in [0.29, 0.717) is 24.3 Å². The van der Waals surface area contributed by atoms with Crippen LogP contribution in [0.2, 0.25) is 0 Å². The van der Waals surface area contributed by atoms with Crippen LogP contribution >= 0.6 is 0 Å². The van der Waals surface area contributed by atoms with Gasteiger partial charge >= 0.3 is 0 Å². The minimum Gasteiger partial charge on any atom is -0.469 e. The average Bonchev–Trinajstić information content (AvgIpc) is 2.88. The highest BCUT2D eigenvalue weighted by atomic mass is 16.3. The van der Waals surface area contributed by atoms with Gasteiger partial charge in [0.25, 0.3) is 5.91 Å². The van der Waals surface area contributed by atoms with Gasteiger partial charge in [-0.2, -0.15) is 0 Å². The van der Waals surface area contributed by atoms with Gasteiger partial charge in [0.2, 0.25) is 0 Å². The van der Waals surface area contributed by atoms with E-state index in [0.717, 1.165) is 11.3 Å². The minimum absolute atomic E-state index is 0.152.